The van der Waals surface area contributed by atoms with Crippen molar-refractivity contribution in [1.82, 2.24) is 5.32 Å². The fourth-order valence-corrected chi connectivity index (χ4v) is 2.58. The maximum Gasteiger partial charge on any atom is 0.336 e. The number of carbonyl (C=O) groups is 2. The van der Waals surface area contributed by atoms with Gasteiger partial charge in [-0.2, -0.15) is 0 Å². The van der Waals surface area contributed by atoms with Gasteiger partial charge in [-0.05, 0) is 45.6 Å². The van der Waals surface area contributed by atoms with E-state index in [9.17, 15) is 9.59 Å². The highest BCUT2D eigenvalue weighted by molar-refractivity contribution is 9.10. The SMILES string of the molecule is O=C(NCc1cccs1)Nc1ccc(Br)c(C(=O)O)c1. The molecule has 2 rings (SSSR count). The molecule has 7 heteroatoms. The second-order valence-corrected chi connectivity index (χ2v) is 5.77. The van der Waals surface area contributed by atoms with Gasteiger partial charge in [0.2, 0.25) is 0 Å². The zero-order valence-corrected chi connectivity index (χ0v) is 12.6. The smallest absolute Gasteiger partial charge is 0.336 e. The van der Waals surface area contributed by atoms with Crippen molar-refractivity contribution in [1.29, 1.82) is 0 Å². The van der Waals surface area contributed by atoms with Gasteiger partial charge in [0.25, 0.3) is 0 Å². The minimum absolute atomic E-state index is 0.0982. The minimum atomic E-state index is -1.06. The lowest BCUT2D eigenvalue weighted by molar-refractivity contribution is 0.0696. The molecule has 3 N–H and O–H groups in total. The molecular formula is C13H11BrN2O3S. The highest BCUT2D eigenvalue weighted by Crippen LogP contribution is 2.21. The topological polar surface area (TPSA) is 78.4 Å². The number of halogens is 1. The van der Waals surface area contributed by atoms with Gasteiger partial charge in [-0.15, -0.1) is 11.3 Å². The monoisotopic (exact) mass is 354 g/mol. The van der Waals surface area contributed by atoms with Gasteiger partial charge in [0.1, 0.15) is 0 Å². The number of carboxylic acids is 1. The summed E-state index contributed by atoms with van der Waals surface area (Å²) in [5.41, 5.74) is 0.523. The minimum Gasteiger partial charge on any atom is -0.478 e. The van der Waals surface area contributed by atoms with Crippen LogP contribution >= 0.6 is 27.3 Å². The first-order chi connectivity index (χ1) is 9.56. The molecular weight excluding hydrogens is 344 g/mol. The number of aromatic carboxylic acids is 1. The maximum absolute atomic E-state index is 11.7. The number of hydrogen-bond acceptors (Lipinski definition) is 3. The Labute approximate surface area is 127 Å². The first kappa shape index (κ1) is 14.5. The van der Waals surface area contributed by atoms with Crippen molar-refractivity contribution in [3.8, 4) is 0 Å². The predicted octanol–water partition coefficient (Wildman–Crippen LogP) is 3.53. The first-order valence-corrected chi connectivity index (χ1v) is 7.33. The normalized spacial score (nSPS) is 10.1. The molecule has 0 atom stereocenters. The van der Waals surface area contributed by atoms with Crippen molar-refractivity contribution < 1.29 is 14.7 Å². The van der Waals surface area contributed by atoms with Crippen LogP contribution < -0.4 is 10.6 Å². The molecule has 0 unspecified atom stereocenters. The first-order valence-electron chi connectivity index (χ1n) is 5.66. The number of amides is 2. The highest BCUT2D eigenvalue weighted by atomic mass is 79.9. The molecule has 20 heavy (non-hydrogen) atoms. The number of carboxylic acid groups (broad SMARTS) is 1. The lowest BCUT2D eigenvalue weighted by Gasteiger charge is -2.08. The summed E-state index contributed by atoms with van der Waals surface area (Å²) in [6, 6.07) is 8.06. The molecule has 0 bridgehead atoms. The van der Waals surface area contributed by atoms with Crippen LogP contribution in [0.1, 0.15) is 15.2 Å². The van der Waals surface area contributed by atoms with E-state index in [4.69, 9.17) is 5.11 Å². The van der Waals surface area contributed by atoms with E-state index in [0.29, 0.717) is 16.7 Å². The van der Waals surface area contributed by atoms with Crippen LogP contribution in [0.3, 0.4) is 0 Å². The molecule has 0 fully saturated rings. The zero-order chi connectivity index (χ0) is 14.5. The van der Waals surface area contributed by atoms with E-state index < -0.39 is 5.97 Å². The van der Waals surface area contributed by atoms with Gasteiger partial charge in [-0.1, -0.05) is 6.07 Å². The molecule has 0 aliphatic heterocycles. The Hall–Kier alpha value is -1.86. The summed E-state index contributed by atoms with van der Waals surface area (Å²) in [5, 5.41) is 16.2. The summed E-state index contributed by atoms with van der Waals surface area (Å²) in [4.78, 5) is 23.7. The number of rotatable bonds is 4. The molecule has 0 radical (unpaired) electrons. The van der Waals surface area contributed by atoms with Gasteiger partial charge >= 0.3 is 12.0 Å². The maximum atomic E-state index is 11.7. The van der Waals surface area contributed by atoms with E-state index >= 15 is 0 Å². The van der Waals surface area contributed by atoms with Crippen LogP contribution in [-0.4, -0.2) is 17.1 Å². The van der Waals surface area contributed by atoms with E-state index in [-0.39, 0.29) is 11.6 Å². The number of carbonyl (C=O) groups excluding carboxylic acids is 1. The summed E-state index contributed by atoms with van der Waals surface area (Å²) >= 11 is 4.70. The van der Waals surface area contributed by atoms with E-state index in [1.54, 1.807) is 23.5 Å². The molecule has 0 spiro atoms. The van der Waals surface area contributed by atoms with Crippen LogP contribution in [0.15, 0.2) is 40.2 Å². The summed E-state index contributed by atoms with van der Waals surface area (Å²) < 4.78 is 0.467. The van der Waals surface area contributed by atoms with Crippen molar-refractivity contribution in [2.75, 3.05) is 5.32 Å². The van der Waals surface area contributed by atoms with Crippen LogP contribution in [0, 0.1) is 0 Å². The Morgan fingerprint density at radius 3 is 2.75 bits per heavy atom. The van der Waals surface area contributed by atoms with Gasteiger partial charge in [0.15, 0.2) is 0 Å². The van der Waals surface area contributed by atoms with Crippen molar-refractivity contribution >= 4 is 45.0 Å². The van der Waals surface area contributed by atoms with Gasteiger partial charge in [0, 0.05) is 15.0 Å². The molecule has 1 aromatic heterocycles. The Morgan fingerprint density at radius 2 is 2.10 bits per heavy atom. The molecule has 0 saturated heterocycles. The molecule has 0 aliphatic rings. The Kier molecular flexibility index (Phi) is 4.75. The molecule has 2 amide bonds. The molecule has 104 valence electrons. The van der Waals surface area contributed by atoms with Crippen LogP contribution in [0.25, 0.3) is 0 Å². The average Bonchev–Trinajstić information content (AvgIpc) is 2.91. The largest absolute Gasteiger partial charge is 0.478 e. The Morgan fingerprint density at radius 1 is 1.30 bits per heavy atom. The average molecular weight is 355 g/mol. The van der Waals surface area contributed by atoms with Crippen LogP contribution in [0.2, 0.25) is 0 Å². The quantitative estimate of drug-likeness (QED) is 0.785. The lowest BCUT2D eigenvalue weighted by Crippen LogP contribution is -2.27. The number of urea groups is 1. The molecule has 0 saturated carbocycles. The van der Waals surface area contributed by atoms with Crippen LogP contribution in [-0.2, 0) is 6.54 Å². The fraction of sp³-hybridized carbons (Fsp3) is 0.0769. The van der Waals surface area contributed by atoms with E-state index in [0.717, 1.165) is 4.88 Å². The van der Waals surface area contributed by atoms with E-state index in [2.05, 4.69) is 26.6 Å². The summed E-state index contributed by atoms with van der Waals surface area (Å²) in [5.74, 6) is -1.06. The molecule has 0 aliphatic carbocycles. The number of thiophene rings is 1. The molecule has 1 heterocycles. The third-order valence-electron chi connectivity index (χ3n) is 2.46. The second kappa shape index (κ2) is 6.53. The second-order valence-electron chi connectivity index (χ2n) is 3.89. The molecule has 5 nitrogen and oxygen atoms in total. The molecule has 2 aromatic rings. The number of hydrogen-bond donors (Lipinski definition) is 3. The third-order valence-corrected chi connectivity index (χ3v) is 4.03. The Bertz CT molecular complexity index is 629. The van der Waals surface area contributed by atoms with Gasteiger partial charge in [-0.3, -0.25) is 0 Å². The van der Waals surface area contributed by atoms with Crippen molar-refractivity contribution in [3.05, 3.63) is 50.6 Å². The number of benzene rings is 1. The standard InChI is InChI=1S/C13H11BrN2O3S/c14-11-4-3-8(6-10(11)12(17)18)16-13(19)15-7-9-2-1-5-20-9/h1-6H,7H2,(H,17,18)(H2,15,16,19). The van der Waals surface area contributed by atoms with Crippen molar-refractivity contribution in [3.63, 3.8) is 0 Å². The third kappa shape index (κ3) is 3.82. The molecule has 1 aromatic carbocycles. The van der Waals surface area contributed by atoms with Crippen molar-refractivity contribution in [2.45, 2.75) is 6.54 Å². The Balaban J connectivity index is 1.97. The summed E-state index contributed by atoms with van der Waals surface area (Å²) in [7, 11) is 0. The van der Waals surface area contributed by atoms with Crippen molar-refractivity contribution in [2.24, 2.45) is 0 Å². The number of anilines is 1. The highest BCUT2D eigenvalue weighted by Gasteiger charge is 2.10. The van der Waals surface area contributed by atoms with Gasteiger partial charge < -0.3 is 15.7 Å². The van der Waals surface area contributed by atoms with Gasteiger partial charge in [-0.25, -0.2) is 9.59 Å². The fourth-order valence-electron chi connectivity index (χ4n) is 1.52. The summed E-state index contributed by atoms with van der Waals surface area (Å²) in [6.45, 7) is 0.436. The summed E-state index contributed by atoms with van der Waals surface area (Å²) in [6.07, 6.45) is 0. The van der Waals surface area contributed by atoms with E-state index in [1.807, 2.05) is 17.5 Å². The zero-order valence-electron chi connectivity index (χ0n) is 10.2. The van der Waals surface area contributed by atoms with E-state index in [1.165, 1.54) is 6.07 Å². The predicted molar refractivity (Wildman–Crippen MR) is 81.3 cm³/mol. The lowest BCUT2D eigenvalue weighted by atomic mass is 10.2. The number of nitrogens with one attached hydrogen (secondary N) is 2. The van der Waals surface area contributed by atoms with Crippen LogP contribution in [0.4, 0.5) is 10.5 Å². The van der Waals surface area contributed by atoms with Gasteiger partial charge in [0.05, 0.1) is 12.1 Å². The van der Waals surface area contributed by atoms with Crippen LogP contribution in [0.5, 0.6) is 0 Å².